The van der Waals surface area contributed by atoms with E-state index < -0.39 is 6.29 Å². The van der Waals surface area contributed by atoms with Crippen LogP contribution in [0, 0.1) is 16.7 Å². The maximum atomic E-state index is 10.5. The Labute approximate surface area is 126 Å². The minimum absolute atomic E-state index is 0.0877. The molecule has 0 aliphatic heterocycles. The van der Waals surface area contributed by atoms with E-state index >= 15 is 0 Å². The van der Waals surface area contributed by atoms with Crippen molar-refractivity contribution < 1.29 is 9.84 Å². The second-order valence-corrected chi connectivity index (χ2v) is 8.09. The molecule has 2 unspecified atom stereocenters. The normalized spacial score (nSPS) is 28.9. The Bertz CT molecular complexity index is 274. The highest BCUT2D eigenvalue weighted by molar-refractivity contribution is 4.82. The van der Waals surface area contributed by atoms with Crippen LogP contribution in [0.3, 0.4) is 0 Å². The molecule has 0 aromatic rings. The summed E-state index contributed by atoms with van der Waals surface area (Å²) in [6.07, 6.45) is 7.42. The standard InChI is InChI=1S/C18H36O2/c1-7-13-18(6,8-2)16(19)20-15-11-9-14(10-12-15)17(3,4)5/h14-16,19H,7-13H2,1-6H3. The predicted octanol–water partition coefficient (Wildman–Crippen LogP) is 5.14. The van der Waals surface area contributed by atoms with Gasteiger partial charge in [0.15, 0.2) is 6.29 Å². The molecule has 1 rings (SSSR count). The van der Waals surface area contributed by atoms with E-state index in [0.717, 1.165) is 38.0 Å². The number of hydrogen-bond acceptors (Lipinski definition) is 2. The average Bonchev–Trinajstić information content (AvgIpc) is 2.38. The van der Waals surface area contributed by atoms with Gasteiger partial charge in [0.1, 0.15) is 0 Å². The Morgan fingerprint density at radius 2 is 1.60 bits per heavy atom. The molecule has 2 nitrogen and oxygen atoms in total. The monoisotopic (exact) mass is 284 g/mol. The van der Waals surface area contributed by atoms with Crippen LogP contribution in [0.15, 0.2) is 0 Å². The van der Waals surface area contributed by atoms with Gasteiger partial charge in [-0.05, 0) is 49.9 Å². The van der Waals surface area contributed by atoms with Gasteiger partial charge >= 0.3 is 0 Å². The minimum Gasteiger partial charge on any atom is -0.367 e. The Morgan fingerprint density at radius 1 is 1.05 bits per heavy atom. The van der Waals surface area contributed by atoms with Crippen molar-refractivity contribution in [3.63, 3.8) is 0 Å². The number of rotatable bonds is 6. The van der Waals surface area contributed by atoms with E-state index in [1.165, 1.54) is 12.8 Å². The summed E-state index contributed by atoms with van der Waals surface area (Å²) in [4.78, 5) is 0. The molecular formula is C18H36O2. The molecule has 2 heteroatoms. The lowest BCUT2D eigenvalue weighted by molar-refractivity contribution is -0.207. The number of aliphatic hydroxyl groups is 1. The van der Waals surface area contributed by atoms with Gasteiger partial charge in [-0.2, -0.15) is 0 Å². The van der Waals surface area contributed by atoms with Crippen LogP contribution in [0.5, 0.6) is 0 Å². The van der Waals surface area contributed by atoms with E-state index in [1.807, 2.05) is 0 Å². The third-order valence-corrected chi connectivity index (χ3v) is 5.45. The Morgan fingerprint density at radius 3 is 2.00 bits per heavy atom. The quantitative estimate of drug-likeness (QED) is 0.684. The molecule has 1 N–H and O–H groups in total. The average molecular weight is 284 g/mol. The molecule has 0 spiro atoms. The van der Waals surface area contributed by atoms with E-state index in [-0.39, 0.29) is 11.5 Å². The summed E-state index contributed by atoms with van der Waals surface area (Å²) in [5.41, 5.74) is 0.319. The zero-order valence-electron chi connectivity index (χ0n) is 14.5. The van der Waals surface area contributed by atoms with Crippen LogP contribution in [-0.2, 0) is 4.74 Å². The fraction of sp³-hybridized carbons (Fsp3) is 1.00. The van der Waals surface area contributed by atoms with Gasteiger partial charge in [0.2, 0.25) is 0 Å². The van der Waals surface area contributed by atoms with E-state index in [9.17, 15) is 5.11 Å². The fourth-order valence-electron chi connectivity index (χ4n) is 3.46. The first-order chi connectivity index (χ1) is 9.23. The van der Waals surface area contributed by atoms with Crippen molar-refractivity contribution in [2.24, 2.45) is 16.7 Å². The second-order valence-electron chi connectivity index (χ2n) is 8.09. The molecule has 20 heavy (non-hydrogen) atoms. The summed E-state index contributed by atoms with van der Waals surface area (Å²) in [5.74, 6) is 0.799. The summed E-state index contributed by atoms with van der Waals surface area (Å²) in [7, 11) is 0. The van der Waals surface area contributed by atoms with Gasteiger partial charge < -0.3 is 9.84 Å². The van der Waals surface area contributed by atoms with Crippen LogP contribution < -0.4 is 0 Å². The molecule has 120 valence electrons. The van der Waals surface area contributed by atoms with Gasteiger partial charge in [-0.15, -0.1) is 0 Å². The van der Waals surface area contributed by atoms with Crippen molar-refractivity contribution in [3.05, 3.63) is 0 Å². The first-order valence-electron chi connectivity index (χ1n) is 8.56. The lowest BCUT2D eigenvalue weighted by Crippen LogP contribution is -2.39. The smallest absolute Gasteiger partial charge is 0.160 e. The van der Waals surface area contributed by atoms with E-state index in [2.05, 4.69) is 41.5 Å². The van der Waals surface area contributed by atoms with Gasteiger partial charge in [0.05, 0.1) is 6.10 Å². The number of aliphatic hydroxyl groups excluding tert-OH is 1. The molecule has 1 aliphatic carbocycles. The van der Waals surface area contributed by atoms with Crippen molar-refractivity contribution in [1.82, 2.24) is 0 Å². The highest BCUT2D eigenvalue weighted by Gasteiger charge is 2.35. The van der Waals surface area contributed by atoms with E-state index in [1.54, 1.807) is 0 Å². The largest absolute Gasteiger partial charge is 0.367 e. The summed E-state index contributed by atoms with van der Waals surface area (Å²) in [6.45, 7) is 13.5. The summed E-state index contributed by atoms with van der Waals surface area (Å²) in [5, 5.41) is 10.5. The van der Waals surface area contributed by atoms with Crippen LogP contribution in [0.2, 0.25) is 0 Å². The van der Waals surface area contributed by atoms with Crippen molar-refractivity contribution in [1.29, 1.82) is 0 Å². The molecule has 0 aromatic carbocycles. The highest BCUT2D eigenvalue weighted by Crippen LogP contribution is 2.40. The molecular weight excluding hydrogens is 248 g/mol. The maximum absolute atomic E-state index is 10.5. The van der Waals surface area contributed by atoms with E-state index in [4.69, 9.17) is 4.74 Å². The van der Waals surface area contributed by atoms with Crippen LogP contribution >= 0.6 is 0 Å². The molecule has 0 saturated heterocycles. The van der Waals surface area contributed by atoms with Gasteiger partial charge in [-0.1, -0.05) is 48.0 Å². The molecule has 0 amide bonds. The zero-order valence-corrected chi connectivity index (χ0v) is 14.5. The first-order valence-corrected chi connectivity index (χ1v) is 8.56. The van der Waals surface area contributed by atoms with Crippen LogP contribution in [0.1, 0.15) is 86.5 Å². The third kappa shape index (κ3) is 4.73. The predicted molar refractivity (Wildman–Crippen MR) is 85.6 cm³/mol. The molecule has 0 bridgehead atoms. The van der Waals surface area contributed by atoms with Crippen LogP contribution in [0.25, 0.3) is 0 Å². The van der Waals surface area contributed by atoms with Gasteiger partial charge in [-0.3, -0.25) is 0 Å². The summed E-state index contributed by atoms with van der Waals surface area (Å²) >= 11 is 0. The fourth-order valence-corrected chi connectivity index (χ4v) is 3.46. The molecule has 1 saturated carbocycles. The van der Waals surface area contributed by atoms with Crippen LogP contribution in [-0.4, -0.2) is 17.5 Å². The summed E-state index contributed by atoms with van der Waals surface area (Å²) < 4.78 is 6.02. The zero-order chi connectivity index (χ0) is 15.4. The molecule has 1 aliphatic rings. The number of ether oxygens (including phenoxy) is 1. The topological polar surface area (TPSA) is 29.5 Å². The molecule has 0 aromatic heterocycles. The lowest BCUT2D eigenvalue weighted by atomic mass is 9.72. The Kier molecular flexibility index (Phi) is 6.53. The Balaban J connectivity index is 2.47. The van der Waals surface area contributed by atoms with Crippen molar-refractivity contribution in [2.45, 2.75) is 98.9 Å². The van der Waals surface area contributed by atoms with Gasteiger partial charge in [-0.25, -0.2) is 0 Å². The lowest BCUT2D eigenvalue weighted by Gasteiger charge is -2.40. The van der Waals surface area contributed by atoms with Crippen molar-refractivity contribution >= 4 is 0 Å². The summed E-state index contributed by atoms with van der Waals surface area (Å²) in [6, 6.07) is 0. The SMILES string of the molecule is CCCC(C)(CC)C(O)OC1CCC(C(C)(C)C)CC1. The highest BCUT2D eigenvalue weighted by atomic mass is 16.6. The van der Waals surface area contributed by atoms with Crippen LogP contribution in [0.4, 0.5) is 0 Å². The molecule has 1 fully saturated rings. The van der Waals surface area contributed by atoms with Gasteiger partial charge in [0, 0.05) is 5.41 Å². The number of hydrogen-bond donors (Lipinski definition) is 1. The van der Waals surface area contributed by atoms with E-state index in [0.29, 0.717) is 5.41 Å². The molecule has 2 atom stereocenters. The van der Waals surface area contributed by atoms with Gasteiger partial charge in [0.25, 0.3) is 0 Å². The molecule has 0 radical (unpaired) electrons. The third-order valence-electron chi connectivity index (χ3n) is 5.45. The minimum atomic E-state index is -0.608. The first kappa shape index (κ1) is 18.0. The second kappa shape index (κ2) is 7.26. The van der Waals surface area contributed by atoms with Crippen molar-refractivity contribution in [2.75, 3.05) is 0 Å². The van der Waals surface area contributed by atoms with Crippen molar-refractivity contribution in [3.8, 4) is 0 Å². The maximum Gasteiger partial charge on any atom is 0.160 e. The Hall–Kier alpha value is -0.0800. The molecule has 0 heterocycles.